The largest absolute Gasteiger partial charge is 0.390 e. The predicted octanol–water partition coefficient (Wildman–Crippen LogP) is 6.32. The molecule has 1 aliphatic carbocycles. The predicted molar refractivity (Wildman–Crippen MR) is 139 cm³/mol. The molecule has 1 atom stereocenters. The SMILES string of the molecule is Cc1noc(C)c1-c1ccc2c(c1)nc([C@@H]1CCC(=O)N1c1ccc(F)c(F)c1)n2[C@H]1CC[C@@](C)(O)CC1. The maximum absolute atomic E-state index is 14.2. The van der Waals surface area contributed by atoms with Gasteiger partial charge in [-0.2, -0.15) is 0 Å². The lowest BCUT2D eigenvalue weighted by molar-refractivity contribution is -0.117. The van der Waals surface area contributed by atoms with Gasteiger partial charge in [0, 0.05) is 29.8 Å². The van der Waals surface area contributed by atoms with Crippen LogP contribution in [-0.4, -0.2) is 31.3 Å². The third kappa shape index (κ3) is 4.09. The van der Waals surface area contributed by atoms with Crippen LogP contribution in [-0.2, 0) is 4.79 Å². The van der Waals surface area contributed by atoms with Gasteiger partial charge < -0.3 is 19.1 Å². The first-order chi connectivity index (χ1) is 18.1. The molecule has 0 unspecified atom stereocenters. The summed E-state index contributed by atoms with van der Waals surface area (Å²) in [6.07, 6.45) is 3.65. The van der Waals surface area contributed by atoms with E-state index in [2.05, 4.69) is 9.72 Å². The zero-order valence-electron chi connectivity index (χ0n) is 21.7. The number of aromatic nitrogens is 3. The number of rotatable bonds is 4. The molecule has 1 N–H and O–H groups in total. The van der Waals surface area contributed by atoms with E-state index in [1.807, 2.05) is 39.0 Å². The Bertz CT molecular complexity index is 1530. The smallest absolute Gasteiger partial charge is 0.227 e. The number of halogens is 2. The van der Waals surface area contributed by atoms with Gasteiger partial charge in [-0.15, -0.1) is 0 Å². The van der Waals surface area contributed by atoms with Gasteiger partial charge in [0.2, 0.25) is 5.91 Å². The third-order valence-corrected chi connectivity index (χ3v) is 8.13. The highest BCUT2D eigenvalue weighted by atomic mass is 19.2. The second-order valence-electron chi connectivity index (χ2n) is 10.9. The first-order valence-electron chi connectivity index (χ1n) is 13.1. The van der Waals surface area contributed by atoms with Crippen molar-refractivity contribution in [2.45, 2.75) is 77.0 Å². The number of nitrogens with zero attached hydrogens (tertiary/aromatic N) is 4. The van der Waals surface area contributed by atoms with Gasteiger partial charge in [-0.25, -0.2) is 13.8 Å². The number of amides is 1. The number of carbonyl (C=O) groups excluding carboxylic acids is 1. The van der Waals surface area contributed by atoms with Gasteiger partial charge in [-0.3, -0.25) is 4.79 Å². The van der Waals surface area contributed by atoms with Crippen LogP contribution in [0.2, 0.25) is 0 Å². The van der Waals surface area contributed by atoms with Crippen molar-refractivity contribution in [1.29, 1.82) is 0 Å². The number of anilines is 1. The van der Waals surface area contributed by atoms with Gasteiger partial charge in [-0.05, 0) is 82.7 Å². The van der Waals surface area contributed by atoms with Crippen molar-refractivity contribution in [2.24, 2.45) is 0 Å². The van der Waals surface area contributed by atoms with Crippen molar-refractivity contribution in [3.63, 3.8) is 0 Å². The number of fused-ring (bicyclic) bond motifs is 1. The van der Waals surface area contributed by atoms with Crippen molar-refractivity contribution < 1.29 is 23.2 Å². The highest BCUT2D eigenvalue weighted by Gasteiger charge is 2.39. The van der Waals surface area contributed by atoms with Crippen LogP contribution in [0.25, 0.3) is 22.2 Å². The lowest BCUT2D eigenvalue weighted by Gasteiger charge is -2.35. The van der Waals surface area contributed by atoms with Gasteiger partial charge >= 0.3 is 0 Å². The molecule has 1 saturated carbocycles. The molecule has 198 valence electrons. The van der Waals surface area contributed by atoms with E-state index in [1.165, 1.54) is 6.07 Å². The molecule has 1 amide bonds. The summed E-state index contributed by atoms with van der Waals surface area (Å²) < 4.78 is 35.5. The average Bonchev–Trinajstić information content (AvgIpc) is 3.55. The van der Waals surface area contributed by atoms with E-state index in [4.69, 9.17) is 9.51 Å². The number of carbonyl (C=O) groups is 1. The lowest BCUT2D eigenvalue weighted by atomic mass is 9.83. The molecule has 6 rings (SSSR count). The maximum Gasteiger partial charge on any atom is 0.227 e. The van der Waals surface area contributed by atoms with Crippen LogP contribution in [0.3, 0.4) is 0 Å². The van der Waals surface area contributed by atoms with Crippen LogP contribution in [0.4, 0.5) is 14.5 Å². The Morgan fingerprint density at radius 2 is 1.82 bits per heavy atom. The molecule has 9 heteroatoms. The van der Waals surface area contributed by atoms with Crippen molar-refractivity contribution in [1.82, 2.24) is 14.7 Å². The zero-order valence-corrected chi connectivity index (χ0v) is 21.7. The summed E-state index contributed by atoms with van der Waals surface area (Å²) in [5.74, 6) is -0.652. The van der Waals surface area contributed by atoms with Crippen molar-refractivity contribution in [3.8, 4) is 11.1 Å². The maximum atomic E-state index is 14.2. The first-order valence-corrected chi connectivity index (χ1v) is 13.1. The Morgan fingerprint density at radius 3 is 2.50 bits per heavy atom. The minimum atomic E-state index is -0.993. The fourth-order valence-electron chi connectivity index (χ4n) is 6.16. The summed E-state index contributed by atoms with van der Waals surface area (Å²) in [7, 11) is 0. The van der Waals surface area contributed by atoms with E-state index in [0.29, 0.717) is 24.9 Å². The Labute approximate surface area is 219 Å². The Morgan fingerprint density at radius 1 is 1.05 bits per heavy atom. The van der Waals surface area contributed by atoms with Gasteiger partial charge in [0.05, 0.1) is 28.4 Å². The van der Waals surface area contributed by atoms with Crippen LogP contribution in [0.1, 0.15) is 74.8 Å². The lowest BCUT2D eigenvalue weighted by Crippen LogP contribution is -2.33. The Balaban J connectivity index is 1.50. The molecule has 0 spiro atoms. The molecule has 0 radical (unpaired) electrons. The number of benzene rings is 2. The van der Waals surface area contributed by atoms with E-state index in [1.54, 1.807) is 4.90 Å². The fraction of sp³-hybridized carbons (Fsp3) is 0.414. The molecular formula is C29H30F2N4O3. The van der Waals surface area contributed by atoms with Gasteiger partial charge in [0.1, 0.15) is 11.6 Å². The third-order valence-electron chi connectivity index (χ3n) is 8.13. The zero-order chi connectivity index (χ0) is 26.8. The van der Waals surface area contributed by atoms with Gasteiger partial charge in [0.15, 0.2) is 11.6 Å². The minimum absolute atomic E-state index is 0.0858. The monoisotopic (exact) mass is 520 g/mol. The second kappa shape index (κ2) is 9.01. The van der Waals surface area contributed by atoms with Crippen molar-refractivity contribution >= 4 is 22.6 Å². The minimum Gasteiger partial charge on any atom is -0.390 e. The second-order valence-corrected chi connectivity index (χ2v) is 10.9. The van der Waals surface area contributed by atoms with Crippen LogP contribution >= 0.6 is 0 Å². The molecule has 2 aliphatic rings. The number of hydrogen-bond donors (Lipinski definition) is 1. The molecule has 1 saturated heterocycles. The molecular weight excluding hydrogens is 490 g/mol. The quantitative estimate of drug-likeness (QED) is 0.340. The topological polar surface area (TPSA) is 84.4 Å². The Hall–Kier alpha value is -3.59. The molecule has 38 heavy (non-hydrogen) atoms. The summed E-state index contributed by atoms with van der Waals surface area (Å²) in [6, 6.07) is 9.31. The number of aliphatic hydroxyl groups is 1. The number of hydrogen-bond acceptors (Lipinski definition) is 5. The summed E-state index contributed by atoms with van der Waals surface area (Å²) in [6.45, 7) is 5.64. The van der Waals surface area contributed by atoms with E-state index in [9.17, 15) is 18.7 Å². The molecule has 7 nitrogen and oxygen atoms in total. The highest BCUT2D eigenvalue weighted by molar-refractivity contribution is 5.96. The molecule has 2 aromatic heterocycles. The Kier molecular flexibility index (Phi) is 5.86. The van der Waals surface area contributed by atoms with E-state index >= 15 is 0 Å². The molecule has 2 aromatic carbocycles. The summed E-state index contributed by atoms with van der Waals surface area (Å²) >= 11 is 0. The van der Waals surface area contributed by atoms with E-state index in [-0.39, 0.29) is 18.4 Å². The van der Waals surface area contributed by atoms with E-state index < -0.39 is 23.3 Å². The molecule has 0 bridgehead atoms. The standard InChI is InChI=1S/C29H30F2N4O3/c1-16-27(17(2)38-33-16)18-4-7-24-23(14-18)32-28(35(24)19-10-12-29(3,37)13-11-19)25-8-9-26(36)34(25)20-5-6-21(30)22(31)15-20/h4-7,14-15,19,25,37H,8-13H2,1-3H3/t19-,25-,29+/m0/s1. The molecule has 2 fully saturated rings. The van der Waals surface area contributed by atoms with Crippen LogP contribution < -0.4 is 4.90 Å². The summed E-state index contributed by atoms with van der Waals surface area (Å²) in [5.41, 5.74) is 3.99. The van der Waals surface area contributed by atoms with Crippen LogP contribution in [0, 0.1) is 25.5 Å². The fourth-order valence-corrected chi connectivity index (χ4v) is 6.16. The average molecular weight is 521 g/mol. The van der Waals surface area contributed by atoms with Crippen molar-refractivity contribution in [2.75, 3.05) is 4.90 Å². The highest BCUT2D eigenvalue weighted by Crippen LogP contribution is 2.43. The normalized spacial score (nSPS) is 24.1. The molecule has 3 heterocycles. The molecule has 4 aromatic rings. The van der Waals surface area contributed by atoms with Crippen LogP contribution in [0.15, 0.2) is 40.9 Å². The van der Waals surface area contributed by atoms with Crippen LogP contribution in [0.5, 0.6) is 0 Å². The van der Waals surface area contributed by atoms with Crippen molar-refractivity contribution in [3.05, 3.63) is 65.3 Å². The number of aryl methyl sites for hydroxylation is 2. The van der Waals surface area contributed by atoms with Gasteiger partial charge in [0.25, 0.3) is 0 Å². The summed E-state index contributed by atoms with van der Waals surface area (Å²) in [5, 5.41) is 14.7. The van der Waals surface area contributed by atoms with Gasteiger partial charge in [-0.1, -0.05) is 11.2 Å². The summed E-state index contributed by atoms with van der Waals surface area (Å²) in [4.78, 5) is 19.7. The van der Waals surface area contributed by atoms with E-state index in [0.717, 1.165) is 64.4 Å². The first kappa shape index (κ1) is 24.7. The molecule has 1 aliphatic heterocycles. The number of imidazole rings is 1.